The quantitative estimate of drug-likeness (QED) is 0.0766. The number of esters is 1. The smallest absolute Gasteiger partial charge is 0.410 e. The number of rotatable bonds is 14. The lowest BCUT2D eigenvalue weighted by Gasteiger charge is -2.42. The maximum absolute atomic E-state index is 14.4. The fourth-order valence-electron chi connectivity index (χ4n) is 9.08. The summed E-state index contributed by atoms with van der Waals surface area (Å²) in [4.78, 5) is 97.7. The molecule has 2 saturated heterocycles. The van der Waals surface area contributed by atoms with Gasteiger partial charge in [0.2, 0.25) is 11.8 Å². The molecule has 1 aromatic carbocycles. The lowest BCUT2D eigenvalue weighted by Crippen LogP contribution is -2.63. The third-order valence-electron chi connectivity index (χ3n) is 13.8. The van der Waals surface area contributed by atoms with E-state index in [1.807, 2.05) is 25.2 Å². The van der Waals surface area contributed by atoms with Crippen molar-refractivity contribution < 1.29 is 67.1 Å². The maximum atomic E-state index is 14.4. The summed E-state index contributed by atoms with van der Waals surface area (Å²) in [6.07, 6.45) is 7.82. The van der Waals surface area contributed by atoms with Crippen molar-refractivity contribution in [3.8, 4) is 5.75 Å². The Morgan fingerprint density at radius 2 is 1.83 bits per heavy atom. The van der Waals surface area contributed by atoms with E-state index in [1.165, 1.54) is 57.0 Å². The lowest BCUT2D eigenvalue weighted by atomic mass is 9.83. The second kappa shape index (κ2) is 25.7. The molecule has 10 atom stereocenters. The monoisotopic (exact) mass is 1050 g/mol. The van der Waals surface area contributed by atoms with Gasteiger partial charge in [-0.1, -0.05) is 73.5 Å². The van der Waals surface area contributed by atoms with Crippen LogP contribution in [0.1, 0.15) is 98.0 Å². The van der Waals surface area contributed by atoms with Gasteiger partial charge in [-0.2, -0.15) is 0 Å². The number of nitrogens with one attached hydrogen (secondary N) is 2. The van der Waals surface area contributed by atoms with E-state index in [-0.39, 0.29) is 48.5 Å². The van der Waals surface area contributed by atoms with E-state index in [4.69, 9.17) is 40.0 Å². The Morgan fingerprint density at radius 3 is 2.53 bits per heavy atom. The van der Waals surface area contributed by atoms with Crippen LogP contribution in [0, 0.1) is 5.92 Å². The highest BCUT2D eigenvalue weighted by Gasteiger charge is 2.64. The summed E-state index contributed by atoms with van der Waals surface area (Å²) in [6.45, 7) is 8.34. The second-order valence-corrected chi connectivity index (χ2v) is 20.6. The molecule has 5 amide bonds. The van der Waals surface area contributed by atoms with Crippen LogP contribution in [0.15, 0.2) is 48.1 Å². The molecule has 398 valence electrons. The molecule has 2 fully saturated rings. The largest absolute Gasteiger partial charge is 0.495 e. The van der Waals surface area contributed by atoms with E-state index in [0.717, 1.165) is 48.6 Å². The number of carbonyl (C=O) groups excluding carboxylic acids is 7. The van der Waals surface area contributed by atoms with Crippen molar-refractivity contribution in [1.82, 2.24) is 20.4 Å². The second-order valence-electron chi connectivity index (χ2n) is 19.2. The number of epoxide rings is 1. The Morgan fingerprint density at radius 1 is 1.10 bits per heavy atom. The van der Waals surface area contributed by atoms with E-state index in [0.29, 0.717) is 24.3 Å². The first kappa shape index (κ1) is 57.7. The van der Waals surface area contributed by atoms with Gasteiger partial charge in [-0.05, 0) is 76.6 Å². The van der Waals surface area contributed by atoms with Gasteiger partial charge in [0.1, 0.15) is 52.9 Å². The molecule has 0 radical (unpaired) electrons. The molecule has 1 aliphatic carbocycles. The van der Waals surface area contributed by atoms with E-state index in [9.17, 15) is 38.7 Å². The number of hydrogen-bond donors (Lipinski definition) is 3. The van der Waals surface area contributed by atoms with E-state index in [1.54, 1.807) is 45.1 Å². The van der Waals surface area contributed by atoms with Crippen molar-refractivity contribution in [3.05, 3.63) is 58.7 Å². The van der Waals surface area contributed by atoms with Crippen molar-refractivity contribution in [1.29, 1.82) is 0 Å². The molecule has 4 bridgehead atoms. The summed E-state index contributed by atoms with van der Waals surface area (Å²) >= 11 is 7.59. The Hall–Kier alpha value is -5.15. The molecule has 3 unspecified atom stereocenters. The van der Waals surface area contributed by atoms with Crippen LogP contribution in [0.5, 0.6) is 5.75 Å². The Bertz CT molecular complexity index is 2260. The Kier molecular flexibility index (Phi) is 20.6. The van der Waals surface area contributed by atoms with Crippen molar-refractivity contribution >= 4 is 70.0 Å². The molecule has 5 rings (SSSR count). The number of ketones is 1. The number of anilines is 1. The number of thioether (sulfide) groups is 1. The minimum Gasteiger partial charge on any atom is -0.495 e. The average Bonchev–Trinajstić information content (AvgIpc) is 4.03. The predicted octanol–water partition coefficient (Wildman–Crippen LogP) is 6.65. The van der Waals surface area contributed by atoms with Gasteiger partial charge in [-0.25, -0.2) is 14.4 Å². The number of ether oxygens (including phenoxy) is 6. The third-order valence-corrected chi connectivity index (χ3v) is 15.0. The lowest BCUT2D eigenvalue weighted by molar-refractivity contribution is -0.162. The van der Waals surface area contributed by atoms with Gasteiger partial charge in [0.05, 0.1) is 31.9 Å². The number of amides is 5. The van der Waals surface area contributed by atoms with Crippen LogP contribution in [-0.4, -0.2) is 157 Å². The van der Waals surface area contributed by atoms with E-state index < -0.39 is 95.4 Å². The summed E-state index contributed by atoms with van der Waals surface area (Å²) in [7, 11) is 7.33. The van der Waals surface area contributed by atoms with Crippen molar-refractivity contribution in [3.63, 3.8) is 0 Å². The van der Waals surface area contributed by atoms with Crippen LogP contribution in [0.25, 0.3) is 0 Å². The third kappa shape index (κ3) is 14.8. The molecule has 0 aromatic heterocycles. The van der Waals surface area contributed by atoms with E-state index in [2.05, 4.69) is 10.6 Å². The van der Waals surface area contributed by atoms with Gasteiger partial charge in [-0.3, -0.25) is 24.5 Å². The number of nitrogens with zero attached hydrogens (tertiary/aromatic N) is 3. The van der Waals surface area contributed by atoms with Gasteiger partial charge < -0.3 is 53.5 Å². The van der Waals surface area contributed by atoms with Gasteiger partial charge >= 0.3 is 18.2 Å². The van der Waals surface area contributed by atoms with Crippen molar-refractivity contribution in [2.24, 2.45) is 5.92 Å². The molecular formula is C51H72ClN5O14S. The number of methoxy groups -OCH3 is 2. The zero-order chi connectivity index (χ0) is 53.1. The molecule has 3 aliphatic heterocycles. The predicted molar refractivity (Wildman–Crippen MR) is 271 cm³/mol. The van der Waals surface area contributed by atoms with Crippen LogP contribution in [0.3, 0.4) is 0 Å². The maximum Gasteiger partial charge on any atom is 0.410 e. The van der Waals surface area contributed by atoms with E-state index >= 15 is 0 Å². The van der Waals surface area contributed by atoms with Gasteiger partial charge in [0.15, 0.2) is 11.5 Å². The zero-order valence-electron chi connectivity index (χ0n) is 43.0. The number of hydrogen-bond acceptors (Lipinski definition) is 15. The average molecular weight is 1050 g/mol. The van der Waals surface area contributed by atoms with Crippen molar-refractivity contribution in [2.75, 3.05) is 52.6 Å². The number of halogens is 1. The summed E-state index contributed by atoms with van der Waals surface area (Å²) < 4.78 is 35.0. The molecule has 1 aromatic rings. The van der Waals surface area contributed by atoms with Gasteiger partial charge in [0, 0.05) is 59.2 Å². The van der Waals surface area contributed by atoms with Crippen LogP contribution in [0.2, 0.25) is 5.02 Å². The first-order valence-corrected chi connectivity index (χ1v) is 25.8. The van der Waals surface area contributed by atoms with Crippen LogP contribution < -0.4 is 20.3 Å². The number of carbonyl (C=O) groups is 7. The number of likely N-dealkylation sites (N-methyl/N-ethyl adjacent to an activating group) is 2. The summed E-state index contributed by atoms with van der Waals surface area (Å²) in [5.41, 5.74) is -1.21. The standard InChI is InChI=1S/C51H72ClN5O14S/c1-11-37(58)35(29-55(6)49(64)68-34-19-15-13-12-14-16-20-34)53-48(63)72-23-22-42(59)56(7)32(4)46(61)70-41-27-43(60)57(8)36-25-33(26-38(66-9)44(36)52)24-30(2)18-17-21-40(67-10)51(65)28-39(69-47(62)54-51)31(3)45-50(41,5)71-45/h15,17-19,21,25-26,31-32,34-35,39-41,45,65H,11-14,16,20,22-24,27-29H2,1-10H3,(H,53,63)(H,54,62)/b19-15+,21-17+,30-18+/t31-,32+,34?,35?,39+,40-,41+,45+,50?,51+/m1/s1. The molecule has 0 spiro atoms. The van der Waals surface area contributed by atoms with Crippen LogP contribution >= 0.6 is 23.4 Å². The first-order valence-electron chi connectivity index (χ1n) is 24.4. The highest BCUT2D eigenvalue weighted by molar-refractivity contribution is 8.13. The summed E-state index contributed by atoms with van der Waals surface area (Å²) in [5, 5.41) is 16.6. The molecule has 3 heterocycles. The van der Waals surface area contributed by atoms with Gasteiger partial charge in [-0.15, -0.1) is 0 Å². The zero-order valence-corrected chi connectivity index (χ0v) is 44.6. The fraction of sp³-hybridized carbons (Fsp3) is 0.627. The number of aliphatic hydroxyl groups is 1. The summed E-state index contributed by atoms with van der Waals surface area (Å²) in [6, 6.07) is 1.34. The van der Waals surface area contributed by atoms with Crippen LogP contribution in [-0.2, 0) is 49.3 Å². The first-order chi connectivity index (χ1) is 34.0. The molecule has 21 heteroatoms. The van der Waals surface area contributed by atoms with Gasteiger partial charge in [0.25, 0.3) is 5.24 Å². The molecule has 0 saturated carbocycles. The fourth-order valence-corrected chi connectivity index (χ4v) is 10.1. The molecule has 19 nitrogen and oxygen atoms in total. The summed E-state index contributed by atoms with van der Waals surface area (Å²) in [5.74, 6) is -2.43. The topological polar surface area (TPSA) is 232 Å². The van der Waals surface area contributed by atoms with Crippen molar-refractivity contribution in [2.45, 2.75) is 153 Å². The molecule has 4 aliphatic rings. The number of allylic oxidation sites excluding steroid dienone is 4. The molecule has 72 heavy (non-hydrogen) atoms. The normalized spacial score (nSPS) is 29.1. The van der Waals surface area contributed by atoms with Crippen LogP contribution in [0.4, 0.5) is 20.1 Å². The SMILES string of the molecule is CCC(=O)C(CN(C)C(=O)OC1/C=C/CCCCC1)NC(=O)SCCC(=O)N(C)[C@@H](C)C(=O)O[C@H]1CC(=O)N(C)c2cc(cc(OC)c2Cl)C/C(C)=C/C=C/[C@@H](OC)[C@@]2(O)C[C@H](OC(=O)N2)[C@@H](C)[C@@H]2OC12C. The minimum absolute atomic E-state index is 0.00709. The number of alkyl carbamates (subject to hydrolysis) is 1. The Balaban J connectivity index is 1.28. The number of fused-ring (bicyclic) bond motifs is 5. The molecular weight excluding hydrogens is 974 g/mol. The minimum atomic E-state index is -1.89. The molecule has 3 N–H and O–H groups in total. The Labute approximate surface area is 431 Å². The highest BCUT2D eigenvalue weighted by atomic mass is 35.5. The highest BCUT2D eigenvalue weighted by Crippen LogP contribution is 2.49. The number of benzene rings is 1. The number of Topliss-reactive ketones (excluding diaryl/α,β-unsaturated/α-hetero) is 1.